The maximum absolute atomic E-state index is 9.36. The molecule has 1 aromatic carbocycles. The first-order chi connectivity index (χ1) is 9.24. The Labute approximate surface area is 116 Å². The van der Waals surface area contributed by atoms with Gasteiger partial charge in [-0.05, 0) is 24.5 Å². The molecule has 0 amide bonds. The first-order valence-corrected chi connectivity index (χ1v) is 7.36. The fourth-order valence-electron chi connectivity index (χ4n) is 2.82. The molecule has 1 aliphatic rings. The molecule has 0 spiro atoms. The number of rotatable bonds is 5. The summed E-state index contributed by atoms with van der Waals surface area (Å²) >= 11 is 0. The van der Waals surface area contributed by atoms with Crippen LogP contribution in [0.1, 0.15) is 24.5 Å². The van der Waals surface area contributed by atoms with Gasteiger partial charge in [0.25, 0.3) is 0 Å². The van der Waals surface area contributed by atoms with E-state index in [4.69, 9.17) is 0 Å². The van der Waals surface area contributed by atoms with E-state index < -0.39 is 0 Å². The number of aliphatic hydroxyl groups is 1. The van der Waals surface area contributed by atoms with E-state index >= 15 is 0 Å². The quantitative estimate of drug-likeness (QED) is 0.878. The smallest absolute Gasteiger partial charge is 0.0586 e. The summed E-state index contributed by atoms with van der Waals surface area (Å²) in [5.74, 6) is 0. The Morgan fingerprint density at radius 3 is 2.42 bits per heavy atom. The van der Waals surface area contributed by atoms with Crippen LogP contribution in [0, 0.1) is 6.92 Å². The highest BCUT2D eigenvalue weighted by molar-refractivity contribution is 5.25. The van der Waals surface area contributed by atoms with E-state index in [0.717, 1.165) is 39.1 Å². The number of aryl methyl sites for hydroxylation is 1. The predicted octanol–water partition coefficient (Wildman–Crippen LogP) is 1.88. The van der Waals surface area contributed by atoms with Crippen molar-refractivity contribution in [1.82, 2.24) is 9.80 Å². The lowest BCUT2D eigenvalue weighted by Crippen LogP contribution is -2.50. The lowest BCUT2D eigenvalue weighted by molar-refractivity contribution is 0.0607. The number of hydrogen-bond donors (Lipinski definition) is 1. The van der Waals surface area contributed by atoms with Crippen LogP contribution in [0.4, 0.5) is 0 Å². The zero-order valence-corrected chi connectivity index (χ0v) is 12.2. The van der Waals surface area contributed by atoms with Gasteiger partial charge in [-0.3, -0.25) is 9.80 Å². The Morgan fingerprint density at radius 1 is 1.16 bits per heavy atom. The van der Waals surface area contributed by atoms with Crippen LogP contribution >= 0.6 is 0 Å². The number of piperazine rings is 1. The molecule has 0 bridgehead atoms. The minimum absolute atomic E-state index is 0.286. The first-order valence-electron chi connectivity index (χ1n) is 7.36. The molecule has 1 heterocycles. The van der Waals surface area contributed by atoms with Crippen LogP contribution in [0.5, 0.6) is 0 Å². The molecule has 1 unspecified atom stereocenters. The van der Waals surface area contributed by atoms with E-state index in [1.807, 2.05) is 0 Å². The molecule has 1 saturated heterocycles. The molecule has 19 heavy (non-hydrogen) atoms. The standard InChI is InChI=1S/C16H26N2O/c1-3-16(13-19)18-10-8-17(9-11-18)12-15-7-5-4-6-14(15)2/h4-7,16,19H,3,8-13H2,1-2H3. The molecular formula is C16H26N2O. The van der Waals surface area contributed by atoms with Crippen molar-refractivity contribution in [3.05, 3.63) is 35.4 Å². The largest absolute Gasteiger partial charge is 0.395 e. The molecule has 1 aliphatic heterocycles. The molecule has 1 N–H and O–H groups in total. The topological polar surface area (TPSA) is 26.7 Å². The zero-order chi connectivity index (χ0) is 13.7. The number of nitrogens with zero attached hydrogens (tertiary/aromatic N) is 2. The summed E-state index contributed by atoms with van der Waals surface area (Å²) in [4.78, 5) is 4.94. The third kappa shape index (κ3) is 3.78. The van der Waals surface area contributed by atoms with Crippen molar-refractivity contribution < 1.29 is 5.11 Å². The fourth-order valence-corrected chi connectivity index (χ4v) is 2.82. The zero-order valence-electron chi connectivity index (χ0n) is 12.2. The first kappa shape index (κ1) is 14.5. The second-order valence-electron chi connectivity index (χ2n) is 5.48. The molecule has 0 aromatic heterocycles. The Bertz CT molecular complexity index is 382. The van der Waals surface area contributed by atoms with E-state index in [-0.39, 0.29) is 6.61 Å². The lowest BCUT2D eigenvalue weighted by atomic mass is 10.1. The number of hydrogen-bond acceptors (Lipinski definition) is 3. The minimum atomic E-state index is 0.286. The van der Waals surface area contributed by atoms with E-state index in [0.29, 0.717) is 6.04 Å². The van der Waals surface area contributed by atoms with Crippen molar-refractivity contribution in [1.29, 1.82) is 0 Å². The van der Waals surface area contributed by atoms with Crippen molar-refractivity contribution in [2.45, 2.75) is 32.9 Å². The van der Waals surface area contributed by atoms with Gasteiger partial charge >= 0.3 is 0 Å². The van der Waals surface area contributed by atoms with E-state index in [2.05, 4.69) is 47.9 Å². The van der Waals surface area contributed by atoms with Crippen LogP contribution in [-0.4, -0.2) is 53.7 Å². The molecule has 0 aliphatic carbocycles. The molecule has 3 nitrogen and oxygen atoms in total. The van der Waals surface area contributed by atoms with Gasteiger partial charge in [-0.15, -0.1) is 0 Å². The van der Waals surface area contributed by atoms with Gasteiger partial charge in [0.05, 0.1) is 6.61 Å². The van der Waals surface area contributed by atoms with Gasteiger partial charge in [0, 0.05) is 38.8 Å². The highest BCUT2D eigenvalue weighted by Gasteiger charge is 2.22. The average Bonchev–Trinajstić information content (AvgIpc) is 2.44. The Morgan fingerprint density at radius 2 is 1.84 bits per heavy atom. The fraction of sp³-hybridized carbons (Fsp3) is 0.625. The summed E-state index contributed by atoms with van der Waals surface area (Å²) < 4.78 is 0. The molecule has 0 saturated carbocycles. The van der Waals surface area contributed by atoms with Gasteiger partial charge in [-0.1, -0.05) is 31.2 Å². The van der Waals surface area contributed by atoms with Gasteiger partial charge in [-0.25, -0.2) is 0 Å². The summed E-state index contributed by atoms with van der Waals surface area (Å²) in [6.07, 6.45) is 1.04. The second-order valence-corrected chi connectivity index (χ2v) is 5.48. The predicted molar refractivity (Wildman–Crippen MR) is 79.2 cm³/mol. The highest BCUT2D eigenvalue weighted by Crippen LogP contribution is 2.14. The van der Waals surface area contributed by atoms with Crippen LogP contribution in [0.15, 0.2) is 24.3 Å². The number of benzene rings is 1. The number of aliphatic hydroxyl groups excluding tert-OH is 1. The van der Waals surface area contributed by atoms with Gasteiger partial charge in [-0.2, -0.15) is 0 Å². The van der Waals surface area contributed by atoms with Crippen LogP contribution in [0.3, 0.4) is 0 Å². The summed E-state index contributed by atoms with van der Waals surface area (Å²) in [6.45, 7) is 10.0. The monoisotopic (exact) mass is 262 g/mol. The minimum Gasteiger partial charge on any atom is -0.395 e. The van der Waals surface area contributed by atoms with E-state index in [1.165, 1.54) is 11.1 Å². The normalized spacial score (nSPS) is 19.5. The summed E-state index contributed by atoms with van der Waals surface area (Å²) in [5.41, 5.74) is 2.82. The van der Waals surface area contributed by atoms with Crippen LogP contribution in [-0.2, 0) is 6.54 Å². The van der Waals surface area contributed by atoms with Gasteiger partial charge in [0.1, 0.15) is 0 Å². The Kier molecular flexibility index (Phi) is 5.37. The summed E-state index contributed by atoms with van der Waals surface area (Å²) in [7, 11) is 0. The van der Waals surface area contributed by atoms with Crippen molar-refractivity contribution in [2.75, 3.05) is 32.8 Å². The molecular weight excluding hydrogens is 236 g/mol. The van der Waals surface area contributed by atoms with Crippen LogP contribution in [0.25, 0.3) is 0 Å². The van der Waals surface area contributed by atoms with E-state index in [1.54, 1.807) is 0 Å². The molecule has 1 fully saturated rings. The van der Waals surface area contributed by atoms with Gasteiger partial charge in [0.15, 0.2) is 0 Å². The molecule has 0 radical (unpaired) electrons. The van der Waals surface area contributed by atoms with E-state index in [9.17, 15) is 5.11 Å². The van der Waals surface area contributed by atoms with Crippen molar-refractivity contribution in [3.63, 3.8) is 0 Å². The third-order valence-corrected chi connectivity index (χ3v) is 4.26. The summed E-state index contributed by atoms with van der Waals surface area (Å²) in [6, 6.07) is 8.98. The third-order valence-electron chi connectivity index (χ3n) is 4.26. The Balaban J connectivity index is 1.85. The maximum atomic E-state index is 9.36. The van der Waals surface area contributed by atoms with Gasteiger partial charge in [0.2, 0.25) is 0 Å². The molecule has 2 rings (SSSR count). The molecule has 3 heteroatoms. The van der Waals surface area contributed by atoms with Gasteiger partial charge < -0.3 is 5.11 Å². The highest BCUT2D eigenvalue weighted by atomic mass is 16.3. The molecule has 1 aromatic rings. The van der Waals surface area contributed by atoms with Crippen molar-refractivity contribution >= 4 is 0 Å². The van der Waals surface area contributed by atoms with Crippen molar-refractivity contribution in [3.8, 4) is 0 Å². The van der Waals surface area contributed by atoms with Crippen LogP contribution < -0.4 is 0 Å². The second kappa shape index (κ2) is 7.04. The SMILES string of the molecule is CCC(CO)N1CCN(Cc2ccccc2C)CC1. The summed E-state index contributed by atoms with van der Waals surface area (Å²) in [5, 5.41) is 9.36. The molecule has 1 atom stereocenters. The average molecular weight is 262 g/mol. The van der Waals surface area contributed by atoms with Crippen molar-refractivity contribution in [2.24, 2.45) is 0 Å². The van der Waals surface area contributed by atoms with Crippen LogP contribution in [0.2, 0.25) is 0 Å². The maximum Gasteiger partial charge on any atom is 0.0586 e. The lowest BCUT2D eigenvalue weighted by Gasteiger charge is -2.38. The Hall–Kier alpha value is -0.900. The molecule has 106 valence electrons.